The van der Waals surface area contributed by atoms with Crippen molar-refractivity contribution in [1.29, 1.82) is 0 Å². The minimum atomic E-state index is -0.147. The first-order valence-electron chi connectivity index (χ1n) is 9.88. The first-order chi connectivity index (χ1) is 13.4. The van der Waals surface area contributed by atoms with Crippen molar-refractivity contribution in [2.75, 3.05) is 26.2 Å². The van der Waals surface area contributed by atoms with Gasteiger partial charge in [0.05, 0.1) is 6.04 Å². The van der Waals surface area contributed by atoms with Gasteiger partial charge in [0.2, 0.25) is 0 Å². The summed E-state index contributed by atoms with van der Waals surface area (Å²) >= 11 is 6.02. The maximum atomic E-state index is 12.3. The second-order valence-electron chi connectivity index (χ2n) is 7.69. The van der Waals surface area contributed by atoms with Crippen molar-refractivity contribution in [3.8, 4) is 5.75 Å². The lowest BCUT2D eigenvalue weighted by Crippen LogP contribution is -2.42. The molecule has 1 aromatic carbocycles. The number of aryl methyl sites for hydroxylation is 2. The summed E-state index contributed by atoms with van der Waals surface area (Å²) in [6.45, 7) is 8.65. The summed E-state index contributed by atoms with van der Waals surface area (Å²) < 4.78 is 11.5. The summed E-state index contributed by atoms with van der Waals surface area (Å²) in [4.78, 5) is 14.7. The molecule has 0 unspecified atom stereocenters. The van der Waals surface area contributed by atoms with E-state index in [1.54, 1.807) is 12.1 Å². The molecule has 0 radical (unpaired) electrons. The molecule has 3 rings (SSSR count). The van der Waals surface area contributed by atoms with Crippen LogP contribution in [-0.4, -0.2) is 37.0 Å². The highest BCUT2D eigenvalue weighted by atomic mass is 35.5. The van der Waals surface area contributed by atoms with E-state index in [-0.39, 0.29) is 18.6 Å². The van der Waals surface area contributed by atoms with E-state index in [9.17, 15) is 4.79 Å². The summed E-state index contributed by atoms with van der Waals surface area (Å²) in [6.07, 6.45) is 2.34. The topological polar surface area (TPSA) is 54.7 Å². The zero-order chi connectivity index (χ0) is 20.1. The maximum absolute atomic E-state index is 12.3. The Bertz CT molecular complexity index is 797. The third kappa shape index (κ3) is 5.52. The molecule has 0 saturated carbocycles. The second-order valence-corrected chi connectivity index (χ2v) is 8.09. The number of hydrogen-bond donors (Lipinski definition) is 1. The van der Waals surface area contributed by atoms with Gasteiger partial charge in [-0.1, -0.05) is 18.5 Å². The van der Waals surface area contributed by atoms with Crippen LogP contribution in [0.3, 0.4) is 0 Å². The Hall–Kier alpha value is -1.98. The molecule has 2 heterocycles. The number of benzene rings is 1. The first-order valence-corrected chi connectivity index (χ1v) is 10.3. The van der Waals surface area contributed by atoms with Gasteiger partial charge in [0.1, 0.15) is 17.3 Å². The number of carbonyl (C=O) groups excluding carboxylic acids is 1. The van der Waals surface area contributed by atoms with Gasteiger partial charge in [-0.25, -0.2) is 0 Å². The van der Waals surface area contributed by atoms with Gasteiger partial charge in [-0.2, -0.15) is 0 Å². The fraction of sp³-hybridized carbons (Fsp3) is 0.500. The quantitative estimate of drug-likeness (QED) is 0.737. The van der Waals surface area contributed by atoms with Gasteiger partial charge in [-0.05, 0) is 81.6 Å². The third-order valence-electron chi connectivity index (χ3n) is 5.34. The van der Waals surface area contributed by atoms with E-state index in [0.29, 0.717) is 17.3 Å². The molecule has 1 saturated heterocycles. The fourth-order valence-electron chi connectivity index (χ4n) is 3.50. The summed E-state index contributed by atoms with van der Waals surface area (Å²) in [5.74, 6) is 3.03. The SMILES string of the molecule is Cc1ccc([C@H](CNC(=O)COc2ccc(Cl)c(C)c2)N2CCC(C)CC2)o1. The molecule has 2 aromatic rings. The summed E-state index contributed by atoms with van der Waals surface area (Å²) in [6, 6.07) is 9.41. The first kappa shape index (κ1) is 20.7. The predicted octanol–water partition coefficient (Wildman–Crippen LogP) is 4.52. The number of carbonyl (C=O) groups is 1. The van der Waals surface area contributed by atoms with E-state index in [0.717, 1.165) is 36.1 Å². The molecule has 152 valence electrons. The molecular formula is C22H29ClN2O3. The second kappa shape index (κ2) is 9.48. The highest BCUT2D eigenvalue weighted by Crippen LogP contribution is 2.27. The highest BCUT2D eigenvalue weighted by molar-refractivity contribution is 6.31. The van der Waals surface area contributed by atoms with Gasteiger partial charge < -0.3 is 14.5 Å². The van der Waals surface area contributed by atoms with Gasteiger partial charge in [-0.15, -0.1) is 0 Å². The van der Waals surface area contributed by atoms with E-state index in [4.69, 9.17) is 20.8 Å². The van der Waals surface area contributed by atoms with Crippen LogP contribution < -0.4 is 10.1 Å². The molecule has 1 N–H and O–H groups in total. The fourth-order valence-corrected chi connectivity index (χ4v) is 3.62. The van der Waals surface area contributed by atoms with E-state index >= 15 is 0 Å². The largest absolute Gasteiger partial charge is 0.484 e. The maximum Gasteiger partial charge on any atom is 0.258 e. The Labute approximate surface area is 172 Å². The molecule has 1 aromatic heterocycles. The summed E-state index contributed by atoms with van der Waals surface area (Å²) in [7, 11) is 0. The molecule has 0 aliphatic carbocycles. The van der Waals surface area contributed by atoms with Crippen LogP contribution in [0, 0.1) is 19.8 Å². The van der Waals surface area contributed by atoms with Crippen molar-refractivity contribution >= 4 is 17.5 Å². The van der Waals surface area contributed by atoms with Crippen molar-refractivity contribution in [3.05, 3.63) is 52.4 Å². The molecule has 1 aliphatic rings. The molecule has 28 heavy (non-hydrogen) atoms. The van der Waals surface area contributed by atoms with Crippen LogP contribution in [-0.2, 0) is 4.79 Å². The van der Waals surface area contributed by atoms with E-state index < -0.39 is 0 Å². The van der Waals surface area contributed by atoms with Gasteiger partial charge in [-0.3, -0.25) is 9.69 Å². The number of nitrogens with zero attached hydrogens (tertiary/aromatic N) is 1. The highest BCUT2D eigenvalue weighted by Gasteiger charge is 2.27. The normalized spacial score (nSPS) is 16.7. The van der Waals surface area contributed by atoms with Crippen LogP contribution >= 0.6 is 11.6 Å². The number of piperidine rings is 1. The Morgan fingerprint density at radius 3 is 2.68 bits per heavy atom. The Balaban J connectivity index is 1.56. The van der Waals surface area contributed by atoms with Gasteiger partial charge in [0.15, 0.2) is 6.61 Å². The van der Waals surface area contributed by atoms with Crippen LogP contribution in [0.15, 0.2) is 34.7 Å². The molecule has 1 atom stereocenters. The molecule has 5 nitrogen and oxygen atoms in total. The standard InChI is InChI=1S/C22H29ClN2O3/c1-15-8-10-25(11-9-15)20(21-7-4-17(3)28-21)13-24-22(26)14-27-18-5-6-19(23)16(2)12-18/h4-7,12,15,20H,8-11,13-14H2,1-3H3,(H,24,26)/t20-/m0/s1. The van der Waals surface area contributed by atoms with E-state index in [2.05, 4.69) is 17.1 Å². The van der Waals surface area contributed by atoms with Crippen LogP contribution in [0.4, 0.5) is 0 Å². The minimum Gasteiger partial charge on any atom is -0.484 e. The summed E-state index contributed by atoms with van der Waals surface area (Å²) in [5, 5.41) is 3.69. The lowest BCUT2D eigenvalue weighted by molar-refractivity contribution is -0.123. The smallest absolute Gasteiger partial charge is 0.258 e. The number of hydrogen-bond acceptors (Lipinski definition) is 4. The average molecular weight is 405 g/mol. The number of rotatable bonds is 7. The third-order valence-corrected chi connectivity index (χ3v) is 5.76. The zero-order valence-electron chi connectivity index (χ0n) is 16.8. The van der Waals surface area contributed by atoms with Crippen molar-refractivity contribution < 1.29 is 13.9 Å². The van der Waals surface area contributed by atoms with Crippen LogP contribution in [0.25, 0.3) is 0 Å². The monoisotopic (exact) mass is 404 g/mol. The molecule has 1 amide bonds. The van der Waals surface area contributed by atoms with Crippen molar-refractivity contribution in [1.82, 2.24) is 10.2 Å². The number of ether oxygens (including phenoxy) is 1. The van der Waals surface area contributed by atoms with E-state index in [1.807, 2.05) is 32.0 Å². The number of likely N-dealkylation sites (tertiary alicyclic amines) is 1. The zero-order valence-corrected chi connectivity index (χ0v) is 17.6. The summed E-state index contributed by atoms with van der Waals surface area (Å²) in [5.41, 5.74) is 0.923. The Kier molecular flexibility index (Phi) is 7.03. The molecular weight excluding hydrogens is 376 g/mol. The molecule has 1 fully saturated rings. The number of furan rings is 1. The molecule has 6 heteroatoms. The Morgan fingerprint density at radius 1 is 1.29 bits per heavy atom. The van der Waals surface area contributed by atoms with Gasteiger partial charge in [0.25, 0.3) is 5.91 Å². The van der Waals surface area contributed by atoms with Crippen molar-refractivity contribution in [2.45, 2.75) is 39.7 Å². The van der Waals surface area contributed by atoms with Crippen LogP contribution in [0.1, 0.15) is 42.9 Å². The van der Waals surface area contributed by atoms with Crippen molar-refractivity contribution in [3.63, 3.8) is 0 Å². The van der Waals surface area contributed by atoms with Crippen LogP contribution in [0.2, 0.25) is 5.02 Å². The lowest BCUT2D eigenvalue weighted by atomic mass is 9.97. The number of nitrogens with one attached hydrogen (secondary N) is 1. The molecule has 1 aliphatic heterocycles. The van der Waals surface area contributed by atoms with Gasteiger partial charge >= 0.3 is 0 Å². The minimum absolute atomic E-state index is 0.0258. The molecule has 0 bridgehead atoms. The van der Waals surface area contributed by atoms with Gasteiger partial charge in [0, 0.05) is 11.6 Å². The predicted molar refractivity (Wildman–Crippen MR) is 111 cm³/mol. The molecule has 0 spiro atoms. The van der Waals surface area contributed by atoms with Crippen molar-refractivity contribution in [2.24, 2.45) is 5.92 Å². The number of halogens is 1. The van der Waals surface area contributed by atoms with E-state index in [1.165, 1.54) is 12.8 Å². The Morgan fingerprint density at radius 2 is 2.04 bits per heavy atom. The number of amides is 1. The lowest BCUT2D eigenvalue weighted by Gasteiger charge is -2.35. The van der Waals surface area contributed by atoms with Crippen LogP contribution in [0.5, 0.6) is 5.75 Å². The average Bonchev–Trinajstić information content (AvgIpc) is 3.10.